The van der Waals surface area contributed by atoms with Crippen molar-refractivity contribution in [3.8, 4) is 5.75 Å². The van der Waals surface area contributed by atoms with Crippen molar-refractivity contribution in [2.24, 2.45) is 0 Å². The number of carbonyl (C=O) groups excluding carboxylic acids is 1. The Morgan fingerprint density at radius 1 is 1.47 bits per heavy atom. The van der Waals surface area contributed by atoms with E-state index in [4.69, 9.17) is 11.6 Å². The van der Waals surface area contributed by atoms with Gasteiger partial charge in [-0.25, -0.2) is 0 Å². The molecule has 2 unspecified atom stereocenters. The van der Waals surface area contributed by atoms with E-state index >= 15 is 0 Å². The monoisotopic (exact) mass is 228 g/mol. The molecule has 1 aromatic rings. The third kappa shape index (κ3) is 2.70. The summed E-state index contributed by atoms with van der Waals surface area (Å²) in [6.45, 7) is 3.24. The summed E-state index contributed by atoms with van der Waals surface area (Å²) in [6, 6.07) is 4.42. The van der Waals surface area contributed by atoms with Crippen LogP contribution in [0.5, 0.6) is 5.75 Å². The number of phenols is 1. The summed E-state index contributed by atoms with van der Waals surface area (Å²) in [5, 5.41) is 18.1. The van der Waals surface area contributed by atoms with Gasteiger partial charge in [0.25, 0.3) is 0 Å². The molecular formula is C11H13ClO3. The number of benzene rings is 1. The van der Waals surface area contributed by atoms with Gasteiger partial charge in [-0.1, -0.05) is 0 Å². The number of halogens is 1. The molecule has 0 spiro atoms. The molecule has 0 heterocycles. The fraction of sp³-hybridized carbons (Fsp3) is 0.364. The minimum atomic E-state index is -1.21. The van der Waals surface area contributed by atoms with Crippen molar-refractivity contribution in [3.05, 3.63) is 29.3 Å². The van der Waals surface area contributed by atoms with Crippen molar-refractivity contribution in [1.29, 1.82) is 0 Å². The quantitative estimate of drug-likeness (QED) is 0.614. The lowest BCUT2D eigenvalue weighted by Gasteiger charge is -2.12. The second kappa shape index (κ2) is 4.64. The van der Waals surface area contributed by atoms with Gasteiger partial charge < -0.3 is 10.2 Å². The molecule has 4 heteroatoms. The number of hydrogen-bond donors (Lipinski definition) is 2. The topological polar surface area (TPSA) is 57.5 Å². The molecule has 0 aromatic heterocycles. The molecule has 0 aliphatic rings. The molecule has 82 valence electrons. The minimum Gasteiger partial charge on any atom is -0.508 e. The number of aliphatic hydroxyl groups is 1. The van der Waals surface area contributed by atoms with Gasteiger partial charge in [-0.3, -0.25) is 4.79 Å². The maximum absolute atomic E-state index is 11.6. The number of aromatic hydroxyl groups is 1. The van der Waals surface area contributed by atoms with Crippen molar-refractivity contribution >= 4 is 17.4 Å². The van der Waals surface area contributed by atoms with E-state index in [9.17, 15) is 15.0 Å². The molecule has 15 heavy (non-hydrogen) atoms. The summed E-state index contributed by atoms with van der Waals surface area (Å²) >= 11 is 5.62. The summed E-state index contributed by atoms with van der Waals surface area (Å²) in [4.78, 5) is 11.6. The van der Waals surface area contributed by atoms with Crippen molar-refractivity contribution in [3.63, 3.8) is 0 Å². The van der Waals surface area contributed by atoms with E-state index in [1.54, 1.807) is 13.8 Å². The Kier molecular flexibility index (Phi) is 3.72. The molecule has 0 fully saturated rings. The van der Waals surface area contributed by atoms with Gasteiger partial charge in [-0.05, 0) is 37.6 Å². The molecule has 0 radical (unpaired) electrons. The summed E-state index contributed by atoms with van der Waals surface area (Å²) in [5.74, 6) is -0.305. The number of phenolic OH excluding ortho intramolecular Hbond substituents is 1. The Bertz CT molecular complexity index is 374. The van der Waals surface area contributed by atoms with Crippen LogP contribution in [0.3, 0.4) is 0 Å². The van der Waals surface area contributed by atoms with Crippen LogP contribution < -0.4 is 0 Å². The largest absolute Gasteiger partial charge is 0.508 e. The number of ketones is 1. The fourth-order valence-corrected chi connectivity index (χ4v) is 1.30. The average molecular weight is 229 g/mol. The predicted octanol–water partition coefficient (Wildman–Crippen LogP) is 1.87. The Hall–Kier alpha value is -1.06. The van der Waals surface area contributed by atoms with Gasteiger partial charge in [0.15, 0.2) is 5.78 Å². The number of Topliss-reactive ketones (excluding diaryl/α,β-unsaturated/α-hetero) is 1. The summed E-state index contributed by atoms with van der Waals surface area (Å²) < 4.78 is 0. The first-order chi connectivity index (χ1) is 6.93. The van der Waals surface area contributed by atoms with Crippen LogP contribution in [0.4, 0.5) is 0 Å². The fourth-order valence-electron chi connectivity index (χ4n) is 1.19. The summed E-state index contributed by atoms with van der Waals surface area (Å²) in [7, 11) is 0. The van der Waals surface area contributed by atoms with Gasteiger partial charge in [-0.2, -0.15) is 0 Å². The van der Waals surface area contributed by atoms with Crippen molar-refractivity contribution < 1.29 is 15.0 Å². The normalized spacial score (nSPS) is 14.7. The van der Waals surface area contributed by atoms with Crippen LogP contribution in [0.15, 0.2) is 18.2 Å². The van der Waals surface area contributed by atoms with Crippen molar-refractivity contribution in [1.82, 2.24) is 0 Å². The highest BCUT2D eigenvalue weighted by Crippen LogP contribution is 2.19. The third-order valence-corrected chi connectivity index (χ3v) is 2.42. The molecule has 3 nitrogen and oxygen atoms in total. The van der Waals surface area contributed by atoms with Gasteiger partial charge in [0.05, 0.1) is 5.38 Å². The smallest absolute Gasteiger partial charge is 0.192 e. The molecule has 0 amide bonds. The molecule has 1 rings (SSSR count). The summed E-state index contributed by atoms with van der Waals surface area (Å²) in [6.07, 6.45) is -1.21. The van der Waals surface area contributed by atoms with Crippen molar-refractivity contribution in [2.75, 3.05) is 0 Å². The first kappa shape index (κ1) is 12.0. The number of aryl methyl sites for hydroxylation is 1. The highest BCUT2D eigenvalue weighted by atomic mass is 35.5. The van der Waals surface area contributed by atoms with E-state index in [2.05, 4.69) is 0 Å². The third-order valence-electron chi connectivity index (χ3n) is 2.19. The van der Waals surface area contributed by atoms with Gasteiger partial charge in [0.2, 0.25) is 0 Å². The number of carbonyl (C=O) groups is 1. The Balaban J connectivity index is 2.97. The molecule has 2 N–H and O–H groups in total. The number of hydrogen-bond acceptors (Lipinski definition) is 3. The Morgan fingerprint density at radius 3 is 2.53 bits per heavy atom. The molecular weight excluding hydrogens is 216 g/mol. The molecule has 0 aliphatic heterocycles. The first-order valence-corrected chi connectivity index (χ1v) is 5.03. The second-order valence-corrected chi connectivity index (χ2v) is 4.18. The lowest BCUT2D eigenvalue weighted by molar-refractivity contribution is 0.0747. The van der Waals surface area contributed by atoms with Crippen LogP contribution in [0.2, 0.25) is 0 Å². The zero-order valence-corrected chi connectivity index (χ0v) is 9.32. The lowest BCUT2D eigenvalue weighted by Crippen LogP contribution is -2.28. The molecule has 0 aliphatic carbocycles. The van der Waals surface area contributed by atoms with Gasteiger partial charge in [0, 0.05) is 5.56 Å². The summed E-state index contributed by atoms with van der Waals surface area (Å²) in [5.41, 5.74) is 0.945. The van der Waals surface area contributed by atoms with Crippen LogP contribution in [-0.4, -0.2) is 27.5 Å². The van der Waals surface area contributed by atoms with Crippen LogP contribution in [0, 0.1) is 6.92 Å². The predicted molar refractivity (Wildman–Crippen MR) is 58.5 cm³/mol. The number of aliphatic hydroxyl groups excluding tert-OH is 1. The minimum absolute atomic E-state index is 0.125. The van der Waals surface area contributed by atoms with Gasteiger partial charge in [-0.15, -0.1) is 11.6 Å². The SMILES string of the molecule is Cc1cc(C(=O)C(O)C(C)Cl)ccc1O. The Labute approximate surface area is 93.3 Å². The lowest BCUT2D eigenvalue weighted by atomic mass is 10.0. The first-order valence-electron chi connectivity index (χ1n) is 4.59. The molecule has 1 aromatic carbocycles. The van der Waals surface area contributed by atoms with Crippen molar-refractivity contribution in [2.45, 2.75) is 25.3 Å². The molecule has 0 saturated carbocycles. The molecule has 0 saturated heterocycles. The standard InChI is InChI=1S/C11H13ClO3/c1-6-5-8(3-4-9(6)13)11(15)10(14)7(2)12/h3-5,7,10,13-14H,1-2H3. The molecule has 0 bridgehead atoms. The Morgan fingerprint density at radius 2 is 2.07 bits per heavy atom. The van der Waals surface area contributed by atoms with Crippen LogP contribution >= 0.6 is 11.6 Å². The van der Waals surface area contributed by atoms with E-state index in [0.717, 1.165) is 0 Å². The average Bonchev–Trinajstić information content (AvgIpc) is 2.19. The van der Waals surface area contributed by atoms with E-state index in [1.165, 1.54) is 18.2 Å². The highest BCUT2D eigenvalue weighted by molar-refractivity contribution is 6.23. The highest BCUT2D eigenvalue weighted by Gasteiger charge is 2.22. The van der Waals surface area contributed by atoms with E-state index in [-0.39, 0.29) is 5.75 Å². The molecule has 2 atom stereocenters. The maximum atomic E-state index is 11.6. The number of rotatable bonds is 3. The van der Waals surface area contributed by atoms with Gasteiger partial charge >= 0.3 is 0 Å². The number of alkyl halides is 1. The zero-order chi connectivity index (χ0) is 11.6. The van der Waals surface area contributed by atoms with E-state index < -0.39 is 17.3 Å². The maximum Gasteiger partial charge on any atom is 0.192 e. The second-order valence-electron chi connectivity index (χ2n) is 3.49. The van der Waals surface area contributed by atoms with Crippen LogP contribution in [0.25, 0.3) is 0 Å². The van der Waals surface area contributed by atoms with E-state index in [0.29, 0.717) is 11.1 Å². The van der Waals surface area contributed by atoms with Crippen LogP contribution in [-0.2, 0) is 0 Å². The zero-order valence-electron chi connectivity index (χ0n) is 8.57. The van der Waals surface area contributed by atoms with Gasteiger partial charge in [0.1, 0.15) is 11.9 Å². The van der Waals surface area contributed by atoms with E-state index in [1.807, 2.05) is 0 Å². The van der Waals surface area contributed by atoms with Crippen LogP contribution in [0.1, 0.15) is 22.8 Å².